The van der Waals surface area contributed by atoms with E-state index in [0.717, 1.165) is 0 Å². The smallest absolute Gasteiger partial charge is 0.339 e. The Labute approximate surface area is 294 Å². The summed E-state index contributed by atoms with van der Waals surface area (Å²) in [4.78, 5) is 17.0. The normalized spacial score (nSPS) is 42.7. The predicted molar refractivity (Wildman–Crippen MR) is 181 cm³/mol. The molecule has 2 aromatic carbocycles. The molecule has 1 saturated heterocycles. The Kier molecular flexibility index (Phi) is 8.08. The Morgan fingerprint density at radius 1 is 0.960 bits per heavy atom. The molecule has 272 valence electrons. The first kappa shape index (κ1) is 34.5. The predicted octanol–water partition coefficient (Wildman–Crippen LogP) is 3.25. The lowest BCUT2D eigenvalue weighted by molar-refractivity contribution is -0.337. The maximum Gasteiger partial charge on any atom is 0.339 e. The molecule has 1 heterocycles. The van der Waals surface area contributed by atoms with Gasteiger partial charge in [0.2, 0.25) is 0 Å². The van der Waals surface area contributed by atoms with Crippen LogP contribution in [0.15, 0.2) is 53.4 Å². The van der Waals surface area contributed by atoms with Crippen molar-refractivity contribution in [2.75, 3.05) is 41.5 Å². The van der Waals surface area contributed by atoms with Crippen LogP contribution in [0.4, 0.5) is 0 Å². The number of methoxy groups -OCH3 is 4. The van der Waals surface area contributed by atoms with Gasteiger partial charge in [-0.3, -0.25) is 4.90 Å². The lowest BCUT2D eigenvalue weighted by Crippen LogP contribution is -2.83. The number of likely N-dealkylation sites (tertiary alicyclic amines) is 1. The van der Waals surface area contributed by atoms with Crippen molar-refractivity contribution >= 4 is 15.8 Å². The van der Waals surface area contributed by atoms with Gasteiger partial charge in [-0.1, -0.05) is 25.1 Å². The lowest BCUT2D eigenvalue weighted by atomic mass is 9.44. The van der Waals surface area contributed by atoms with E-state index >= 15 is 0 Å². The van der Waals surface area contributed by atoms with Gasteiger partial charge in [-0.2, -0.15) is 0 Å². The number of fused-ring (bicyclic) bond motifs is 2. The minimum absolute atomic E-state index is 0.0985. The first-order valence-corrected chi connectivity index (χ1v) is 19.5. The van der Waals surface area contributed by atoms with Crippen molar-refractivity contribution < 1.29 is 47.1 Å². The van der Waals surface area contributed by atoms with Gasteiger partial charge in [-0.25, -0.2) is 13.2 Å². The van der Waals surface area contributed by atoms with Crippen molar-refractivity contribution in [1.29, 1.82) is 0 Å². The van der Waals surface area contributed by atoms with Crippen molar-refractivity contribution in [2.24, 2.45) is 29.1 Å². The molecule has 8 rings (SSSR count). The Hall–Kier alpha value is -2.58. The molecular weight excluding hydrogens is 662 g/mol. The van der Waals surface area contributed by atoms with Crippen LogP contribution in [0, 0.1) is 29.1 Å². The van der Waals surface area contributed by atoms with Crippen molar-refractivity contribution in [2.45, 2.75) is 90.8 Å². The molecule has 5 saturated carbocycles. The maximum absolute atomic E-state index is 14.5. The molecule has 0 aromatic heterocycles. The summed E-state index contributed by atoms with van der Waals surface area (Å²) >= 11 is 0. The van der Waals surface area contributed by atoms with Gasteiger partial charge in [0.05, 0.1) is 41.6 Å². The summed E-state index contributed by atoms with van der Waals surface area (Å²) in [5, 5.41) is 25.9. The van der Waals surface area contributed by atoms with E-state index in [4.69, 9.17) is 23.7 Å². The average molecular weight is 712 g/mol. The molecule has 50 heavy (non-hydrogen) atoms. The second-order valence-corrected chi connectivity index (χ2v) is 17.5. The van der Waals surface area contributed by atoms with E-state index in [1.165, 1.54) is 19.2 Å². The summed E-state index contributed by atoms with van der Waals surface area (Å²) < 4.78 is 57.6. The molecule has 0 amide bonds. The number of nitrogens with zero attached hydrogens (tertiary/aromatic N) is 1. The number of esters is 1. The van der Waals surface area contributed by atoms with Crippen molar-refractivity contribution in [3.05, 3.63) is 59.7 Å². The molecule has 2 N–H and O–H groups in total. The van der Waals surface area contributed by atoms with Crippen LogP contribution < -0.4 is 4.74 Å². The fourth-order valence-electron chi connectivity index (χ4n) is 12.6. The Morgan fingerprint density at radius 2 is 1.70 bits per heavy atom. The fourth-order valence-corrected chi connectivity index (χ4v) is 13.9. The number of rotatable bonds is 10. The maximum atomic E-state index is 14.5. The van der Waals surface area contributed by atoms with Crippen molar-refractivity contribution in [1.82, 2.24) is 4.90 Å². The molecule has 1 spiro atoms. The van der Waals surface area contributed by atoms with Gasteiger partial charge < -0.3 is 33.9 Å². The van der Waals surface area contributed by atoms with Crippen molar-refractivity contribution in [3.8, 4) is 5.75 Å². The molecule has 12 atom stereocenters. The van der Waals surface area contributed by atoms with E-state index in [9.17, 15) is 23.4 Å². The molecular formula is C38H49NO10S. The van der Waals surface area contributed by atoms with Crippen LogP contribution in [0.1, 0.15) is 54.9 Å². The number of benzene rings is 2. The molecule has 3 unspecified atom stereocenters. The first-order valence-electron chi connectivity index (χ1n) is 17.8. The minimum atomic E-state index is -3.80. The summed E-state index contributed by atoms with van der Waals surface area (Å²) in [7, 11) is 2.73. The van der Waals surface area contributed by atoms with Crippen LogP contribution in [0.25, 0.3) is 0 Å². The molecule has 2 aromatic rings. The number of sulfone groups is 1. The quantitative estimate of drug-likeness (QED) is 0.351. The van der Waals surface area contributed by atoms with Gasteiger partial charge in [-0.15, -0.1) is 0 Å². The highest BCUT2D eigenvalue weighted by atomic mass is 32.2. The summed E-state index contributed by atoms with van der Waals surface area (Å²) in [6.45, 7) is 3.24. The molecule has 7 bridgehead atoms. The SMILES string of the molecule is CCN1C[C@]2(OC(=O)c3ccccc3CS(=O)(=O)c3ccc(OC)cc3)CC[C@H](OC)[C@@]34C2CC([C@@H]13)[C@@]1(O)C[C@H](OC)[C@H]2CC4[C@]1(O)[C@H]2OC. The summed E-state index contributed by atoms with van der Waals surface area (Å²) in [5.74, 6) is -1.42. The largest absolute Gasteiger partial charge is 0.497 e. The Balaban J connectivity index is 1.19. The van der Waals surface area contributed by atoms with Crippen LogP contribution in [0.5, 0.6) is 5.75 Å². The van der Waals surface area contributed by atoms with Gasteiger partial charge in [0.1, 0.15) is 22.6 Å². The highest BCUT2D eigenvalue weighted by Crippen LogP contribution is 2.79. The number of ether oxygens (including phenoxy) is 5. The number of carbonyl (C=O) groups is 1. The average Bonchev–Trinajstić information content (AvgIpc) is 3.54. The third kappa shape index (κ3) is 4.24. The highest BCUT2D eigenvalue weighted by molar-refractivity contribution is 7.90. The van der Waals surface area contributed by atoms with Crippen LogP contribution in [-0.2, 0) is 34.5 Å². The molecule has 6 fully saturated rings. The molecule has 6 aliphatic rings. The number of likely N-dealkylation sites (N-methyl/N-ethyl adjacent to an activating group) is 1. The standard InChI is InChI=1S/C38H49NO10S/c1-6-39-21-35(49-34(40)25-10-8-7-9-22(25)20-50(43,44)24-13-11-23(45-2)12-14-24)16-15-31(47-4)37-29(35)18-27(32(37)39)36(41)19-28(46-3)26-17-30(37)38(36,42)33(26)48-5/h7-14,26-33,41-42H,6,15-21H2,1-5H3/t26-,27?,28+,29?,30?,31+,32-,33+,35-,36+,37+,38+/m1/s1. The second kappa shape index (κ2) is 11.7. The fraction of sp³-hybridized carbons (Fsp3) is 0.658. The van der Waals surface area contributed by atoms with Gasteiger partial charge in [0.15, 0.2) is 9.84 Å². The van der Waals surface area contributed by atoms with E-state index < -0.39 is 44.1 Å². The zero-order valence-corrected chi connectivity index (χ0v) is 30.2. The van der Waals surface area contributed by atoms with E-state index in [-0.39, 0.29) is 58.1 Å². The van der Waals surface area contributed by atoms with Crippen LogP contribution in [-0.4, -0.2) is 112 Å². The van der Waals surface area contributed by atoms with E-state index in [1.54, 1.807) is 57.7 Å². The lowest BCUT2D eigenvalue weighted by Gasteiger charge is -2.70. The molecule has 11 nitrogen and oxygen atoms in total. The molecule has 5 aliphatic carbocycles. The Morgan fingerprint density at radius 3 is 2.36 bits per heavy atom. The molecule has 12 heteroatoms. The zero-order chi connectivity index (χ0) is 35.4. The zero-order valence-electron chi connectivity index (χ0n) is 29.4. The third-order valence-corrected chi connectivity index (χ3v) is 15.9. The minimum Gasteiger partial charge on any atom is -0.497 e. The van der Waals surface area contributed by atoms with Crippen LogP contribution in [0.2, 0.25) is 0 Å². The topological polar surface area (TPSA) is 141 Å². The number of piperidine rings is 1. The van der Waals surface area contributed by atoms with Gasteiger partial charge in [-0.05, 0) is 68.1 Å². The van der Waals surface area contributed by atoms with Gasteiger partial charge >= 0.3 is 5.97 Å². The summed E-state index contributed by atoms with van der Waals surface area (Å²) in [6, 6.07) is 12.9. The third-order valence-electron chi connectivity index (χ3n) is 14.2. The first-order chi connectivity index (χ1) is 23.9. The van der Waals surface area contributed by atoms with Gasteiger partial charge in [0, 0.05) is 69.4 Å². The summed E-state index contributed by atoms with van der Waals surface area (Å²) in [6.07, 6.45) is 1.52. The van der Waals surface area contributed by atoms with Gasteiger partial charge in [0.25, 0.3) is 0 Å². The number of hydrogen-bond donors (Lipinski definition) is 2. The number of hydrogen-bond acceptors (Lipinski definition) is 11. The number of aliphatic hydroxyl groups is 2. The van der Waals surface area contributed by atoms with Crippen molar-refractivity contribution in [3.63, 3.8) is 0 Å². The van der Waals surface area contributed by atoms with E-state index in [1.807, 2.05) is 0 Å². The second-order valence-electron chi connectivity index (χ2n) is 15.5. The van der Waals surface area contributed by atoms with Crippen LogP contribution in [0.3, 0.4) is 0 Å². The monoisotopic (exact) mass is 711 g/mol. The van der Waals surface area contributed by atoms with E-state index in [0.29, 0.717) is 56.5 Å². The van der Waals surface area contributed by atoms with E-state index in [2.05, 4.69) is 11.8 Å². The van der Waals surface area contributed by atoms with Crippen LogP contribution >= 0.6 is 0 Å². The molecule has 1 aliphatic heterocycles. The number of carbonyl (C=O) groups excluding carboxylic acids is 1. The highest BCUT2D eigenvalue weighted by Gasteiger charge is 2.89. The Bertz CT molecular complexity index is 1770. The summed E-state index contributed by atoms with van der Waals surface area (Å²) in [5.41, 5.74) is -4.00. The molecule has 0 radical (unpaired) electrons.